The SMILES string of the molecule is COc1ccc(C(OC[C@H]2O[C@@H](n3ccc(=O)[nH]c3=O)[C@H](OCC(=O)NCCNC(=O)C(F)(F)F)[C@@H]2O)(c2ccccc2)c2ccccc2)cc1. The van der Waals surface area contributed by atoms with Gasteiger partial charge in [-0.3, -0.25) is 23.9 Å². The predicted molar refractivity (Wildman–Crippen MR) is 175 cm³/mol. The van der Waals surface area contributed by atoms with Crippen molar-refractivity contribution in [1.82, 2.24) is 20.2 Å². The second-order valence-corrected chi connectivity index (χ2v) is 11.4. The molecule has 0 saturated carbocycles. The highest BCUT2D eigenvalue weighted by Gasteiger charge is 2.48. The lowest BCUT2D eigenvalue weighted by Gasteiger charge is -2.37. The lowest BCUT2D eigenvalue weighted by molar-refractivity contribution is -0.173. The number of nitrogens with one attached hydrogen (secondary N) is 3. The summed E-state index contributed by atoms with van der Waals surface area (Å²) in [5.74, 6) is -2.33. The second-order valence-electron chi connectivity index (χ2n) is 11.4. The van der Waals surface area contributed by atoms with E-state index in [2.05, 4.69) is 10.3 Å². The third kappa shape index (κ3) is 8.54. The molecule has 0 radical (unpaired) electrons. The van der Waals surface area contributed by atoms with E-state index in [1.165, 1.54) is 0 Å². The van der Waals surface area contributed by atoms with Crippen molar-refractivity contribution in [3.8, 4) is 5.75 Å². The number of H-pyrrole nitrogens is 1. The number of carbonyl (C=O) groups is 2. The summed E-state index contributed by atoms with van der Waals surface area (Å²) in [6.07, 6.45) is -9.27. The van der Waals surface area contributed by atoms with E-state index in [-0.39, 0.29) is 13.2 Å². The molecule has 4 atom stereocenters. The fraction of sp³-hybridized carbons (Fsp3) is 0.314. The topological polar surface area (TPSA) is 170 Å². The van der Waals surface area contributed by atoms with Gasteiger partial charge in [0.05, 0.1) is 13.7 Å². The van der Waals surface area contributed by atoms with Gasteiger partial charge >= 0.3 is 17.8 Å². The highest BCUT2D eigenvalue weighted by molar-refractivity contribution is 5.81. The fourth-order valence-electron chi connectivity index (χ4n) is 5.72. The van der Waals surface area contributed by atoms with Gasteiger partial charge in [-0.15, -0.1) is 0 Å². The minimum atomic E-state index is -5.07. The van der Waals surface area contributed by atoms with Gasteiger partial charge in [-0.2, -0.15) is 13.2 Å². The molecular weight excluding hydrogens is 677 g/mol. The van der Waals surface area contributed by atoms with E-state index in [0.717, 1.165) is 33.5 Å². The van der Waals surface area contributed by atoms with Crippen LogP contribution in [-0.4, -0.2) is 84.4 Å². The molecule has 1 aromatic heterocycles. The molecule has 4 aromatic rings. The van der Waals surface area contributed by atoms with E-state index in [9.17, 15) is 37.5 Å². The molecule has 0 aliphatic carbocycles. The molecule has 1 saturated heterocycles. The number of hydrogen-bond donors (Lipinski definition) is 4. The number of nitrogens with zero attached hydrogens (tertiary/aromatic N) is 1. The maximum Gasteiger partial charge on any atom is 0.471 e. The van der Waals surface area contributed by atoms with Gasteiger partial charge < -0.3 is 34.7 Å². The van der Waals surface area contributed by atoms with Crippen molar-refractivity contribution in [3.05, 3.63) is 135 Å². The summed E-state index contributed by atoms with van der Waals surface area (Å²) in [5.41, 5.74) is -0.587. The van der Waals surface area contributed by atoms with Gasteiger partial charge in [0.15, 0.2) is 6.23 Å². The first kappa shape index (κ1) is 37.0. The van der Waals surface area contributed by atoms with Crippen LogP contribution in [0.15, 0.2) is 107 Å². The summed E-state index contributed by atoms with van der Waals surface area (Å²) < 4.78 is 62.3. The summed E-state index contributed by atoms with van der Waals surface area (Å²) in [6.45, 7) is -1.83. The summed E-state index contributed by atoms with van der Waals surface area (Å²) in [5, 5.41) is 15.5. The fourth-order valence-corrected chi connectivity index (χ4v) is 5.72. The third-order valence-corrected chi connectivity index (χ3v) is 8.16. The second kappa shape index (κ2) is 16.2. The number of amides is 2. The Kier molecular flexibility index (Phi) is 11.7. The van der Waals surface area contributed by atoms with Crippen LogP contribution in [0.3, 0.4) is 0 Å². The standard InChI is InChI=1S/C35H35F3N4O9/c1-48-25-14-12-24(13-15-25)34(22-8-4-2-5-9-22,23-10-6-3-7-11-23)50-20-26-29(45)30(31(51-26)42-19-16-27(43)41-33(42)47)49-21-28(44)39-17-18-40-32(46)35(36,37)38/h2-16,19,26,29-31,45H,17-18,20-21H2,1H3,(H,39,44)(H,40,46)(H,41,43,47)/t26-,29-,30-,31-/m1/s1. The Labute approximate surface area is 288 Å². The Balaban J connectivity index is 1.40. The number of halogens is 3. The van der Waals surface area contributed by atoms with Crippen LogP contribution in [0.4, 0.5) is 13.2 Å². The molecule has 0 unspecified atom stereocenters. The van der Waals surface area contributed by atoms with Crippen molar-refractivity contribution in [2.45, 2.75) is 36.3 Å². The molecule has 1 fully saturated rings. The van der Waals surface area contributed by atoms with Crippen LogP contribution in [0.2, 0.25) is 0 Å². The molecule has 2 amide bonds. The van der Waals surface area contributed by atoms with Gasteiger partial charge in [0.2, 0.25) is 5.91 Å². The first-order valence-corrected chi connectivity index (χ1v) is 15.7. The Morgan fingerprint density at radius 2 is 1.47 bits per heavy atom. The van der Waals surface area contributed by atoms with Gasteiger partial charge in [0.1, 0.15) is 36.3 Å². The molecule has 51 heavy (non-hydrogen) atoms. The number of hydrogen-bond acceptors (Lipinski definition) is 9. The van der Waals surface area contributed by atoms with Crippen molar-refractivity contribution in [3.63, 3.8) is 0 Å². The lowest BCUT2D eigenvalue weighted by Crippen LogP contribution is -2.43. The number of methoxy groups -OCH3 is 1. The largest absolute Gasteiger partial charge is 0.497 e. The zero-order chi connectivity index (χ0) is 36.6. The summed E-state index contributed by atoms with van der Waals surface area (Å²) in [7, 11) is 1.55. The van der Waals surface area contributed by atoms with E-state index in [4.69, 9.17) is 18.9 Å². The third-order valence-electron chi connectivity index (χ3n) is 8.16. The van der Waals surface area contributed by atoms with E-state index in [1.807, 2.05) is 72.8 Å². The Morgan fingerprint density at radius 3 is 2.04 bits per heavy atom. The number of aromatic nitrogens is 2. The van der Waals surface area contributed by atoms with E-state index in [0.29, 0.717) is 5.75 Å². The van der Waals surface area contributed by atoms with Gasteiger partial charge in [-0.1, -0.05) is 72.8 Å². The number of aliphatic hydroxyl groups is 1. The number of carbonyl (C=O) groups excluding carboxylic acids is 2. The van der Waals surface area contributed by atoms with Gasteiger partial charge in [0.25, 0.3) is 5.56 Å². The number of ether oxygens (including phenoxy) is 4. The van der Waals surface area contributed by atoms with Gasteiger partial charge in [-0.05, 0) is 28.8 Å². The van der Waals surface area contributed by atoms with Crippen molar-refractivity contribution < 1.29 is 46.8 Å². The molecule has 5 rings (SSSR count). The van der Waals surface area contributed by atoms with Crippen LogP contribution in [-0.2, 0) is 29.4 Å². The first-order valence-electron chi connectivity index (χ1n) is 15.7. The molecule has 1 aliphatic rings. The highest BCUT2D eigenvalue weighted by Crippen LogP contribution is 2.42. The van der Waals surface area contributed by atoms with Crippen molar-refractivity contribution >= 4 is 11.8 Å². The smallest absolute Gasteiger partial charge is 0.471 e. The minimum Gasteiger partial charge on any atom is -0.497 e. The zero-order valence-corrected chi connectivity index (χ0v) is 27.2. The average Bonchev–Trinajstić information content (AvgIpc) is 3.44. The van der Waals surface area contributed by atoms with Crippen molar-refractivity contribution in [2.24, 2.45) is 0 Å². The normalized spacial score (nSPS) is 19.0. The van der Waals surface area contributed by atoms with Crippen LogP contribution in [0.25, 0.3) is 0 Å². The maximum absolute atomic E-state index is 12.8. The van der Waals surface area contributed by atoms with E-state index >= 15 is 0 Å². The molecule has 3 aromatic carbocycles. The van der Waals surface area contributed by atoms with Gasteiger partial charge in [0, 0.05) is 25.4 Å². The summed E-state index contributed by atoms with van der Waals surface area (Å²) in [6, 6.07) is 27.1. The molecule has 4 N–H and O–H groups in total. The summed E-state index contributed by atoms with van der Waals surface area (Å²) >= 11 is 0. The first-order chi connectivity index (χ1) is 24.4. The molecule has 0 spiro atoms. The Bertz CT molecular complexity index is 1850. The Morgan fingerprint density at radius 1 is 0.882 bits per heavy atom. The zero-order valence-electron chi connectivity index (χ0n) is 27.2. The predicted octanol–water partition coefficient (Wildman–Crippen LogP) is 1.99. The minimum absolute atomic E-state index is 0.267. The van der Waals surface area contributed by atoms with Crippen LogP contribution in [0.1, 0.15) is 22.9 Å². The van der Waals surface area contributed by atoms with Crippen LogP contribution in [0.5, 0.6) is 5.75 Å². The van der Waals surface area contributed by atoms with E-state index in [1.54, 1.807) is 24.6 Å². The number of aliphatic hydroxyl groups excluding tert-OH is 1. The molecule has 16 heteroatoms. The maximum atomic E-state index is 12.8. The molecular formula is C35H35F3N4O9. The summed E-state index contributed by atoms with van der Waals surface area (Å²) in [4.78, 5) is 50.2. The molecule has 0 bridgehead atoms. The molecule has 270 valence electrons. The quantitative estimate of drug-likeness (QED) is 0.113. The molecule has 1 aliphatic heterocycles. The molecule has 13 nitrogen and oxygen atoms in total. The number of benzene rings is 3. The lowest BCUT2D eigenvalue weighted by atomic mass is 9.80. The Hall–Kier alpha value is -5.29. The molecule has 2 heterocycles. The van der Waals surface area contributed by atoms with Crippen molar-refractivity contribution in [1.29, 1.82) is 0 Å². The van der Waals surface area contributed by atoms with Crippen LogP contribution in [0, 0.1) is 0 Å². The average molecular weight is 713 g/mol. The van der Waals surface area contributed by atoms with Crippen LogP contribution >= 0.6 is 0 Å². The highest BCUT2D eigenvalue weighted by atomic mass is 19.4. The van der Waals surface area contributed by atoms with Crippen LogP contribution < -0.4 is 26.6 Å². The van der Waals surface area contributed by atoms with Gasteiger partial charge in [-0.25, -0.2) is 4.79 Å². The number of rotatable bonds is 14. The van der Waals surface area contributed by atoms with Crippen molar-refractivity contribution in [2.75, 3.05) is 33.4 Å². The number of aromatic amines is 1. The number of alkyl halides is 3. The monoisotopic (exact) mass is 712 g/mol. The van der Waals surface area contributed by atoms with E-state index < -0.39 is 72.5 Å².